The minimum atomic E-state index is 0.813. The van der Waals surface area contributed by atoms with Crippen LogP contribution < -0.4 is 5.32 Å². The van der Waals surface area contributed by atoms with E-state index in [4.69, 9.17) is 0 Å². The van der Waals surface area contributed by atoms with E-state index >= 15 is 0 Å². The molecule has 0 saturated carbocycles. The predicted octanol–water partition coefficient (Wildman–Crippen LogP) is 2.10. The first-order valence-electron chi connectivity index (χ1n) is 8.57. The number of piperazine rings is 1. The van der Waals surface area contributed by atoms with E-state index < -0.39 is 0 Å². The van der Waals surface area contributed by atoms with Crippen LogP contribution in [0.3, 0.4) is 0 Å². The van der Waals surface area contributed by atoms with E-state index in [0.29, 0.717) is 0 Å². The summed E-state index contributed by atoms with van der Waals surface area (Å²) in [5.74, 6) is 0. The lowest BCUT2D eigenvalue weighted by molar-refractivity contribution is 0.0477. The summed E-state index contributed by atoms with van der Waals surface area (Å²) in [6.45, 7) is 5.66. The van der Waals surface area contributed by atoms with Crippen LogP contribution in [-0.2, 0) is 6.54 Å². The molecule has 0 N–H and O–H groups in total. The second-order valence-corrected chi connectivity index (χ2v) is 6.87. The van der Waals surface area contributed by atoms with Gasteiger partial charge in [0, 0.05) is 50.8 Å². The Morgan fingerprint density at radius 1 is 0.905 bits per heavy atom. The van der Waals surface area contributed by atoms with Gasteiger partial charge >= 0.3 is 0 Å². The van der Waals surface area contributed by atoms with Crippen LogP contribution in [0.15, 0.2) is 30.3 Å². The highest BCUT2D eigenvalue weighted by molar-refractivity contribution is 5.15. The second-order valence-electron chi connectivity index (χ2n) is 6.87. The molecule has 2 unspecified atom stereocenters. The number of rotatable bonds is 3. The summed E-state index contributed by atoms with van der Waals surface area (Å²) in [6, 6.07) is 13.5. The first-order chi connectivity index (χ1) is 10.4. The van der Waals surface area contributed by atoms with Crippen LogP contribution in [0.25, 0.3) is 0 Å². The van der Waals surface area contributed by atoms with Crippen LogP contribution in [0.4, 0.5) is 0 Å². The largest absolute Gasteiger partial charge is 0.298 e. The van der Waals surface area contributed by atoms with E-state index in [1.165, 1.54) is 44.3 Å². The smallest absolute Gasteiger partial charge is 0.0261 e. The lowest BCUT2D eigenvalue weighted by Crippen LogP contribution is -2.53. The summed E-state index contributed by atoms with van der Waals surface area (Å²) in [4.78, 5) is 5.51. The van der Waals surface area contributed by atoms with E-state index in [9.17, 15) is 0 Å². The van der Waals surface area contributed by atoms with Crippen molar-refractivity contribution in [1.29, 1.82) is 0 Å². The summed E-state index contributed by atoms with van der Waals surface area (Å²) in [5, 5.41) is 4.49. The molecule has 1 aromatic carbocycles. The fourth-order valence-electron chi connectivity index (χ4n) is 4.58. The second kappa shape index (κ2) is 6.07. The molecule has 1 aromatic rings. The third-order valence-corrected chi connectivity index (χ3v) is 5.67. The molecule has 3 heterocycles. The summed E-state index contributed by atoms with van der Waals surface area (Å²) in [7, 11) is 0. The van der Waals surface area contributed by atoms with Gasteiger partial charge in [-0.3, -0.25) is 9.80 Å². The Bertz CT molecular complexity index is 441. The molecule has 3 aliphatic rings. The van der Waals surface area contributed by atoms with E-state index in [2.05, 4.69) is 45.4 Å². The average Bonchev–Trinajstić information content (AvgIpc) is 2.78. The lowest BCUT2D eigenvalue weighted by atomic mass is 9.94. The minimum Gasteiger partial charge on any atom is -0.298 e. The molecule has 3 nitrogen and oxygen atoms in total. The minimum absolute atomic E-state index is 0.813. The molecule has 21 heavy (non-hydrogen) atoms. The van der Waals surface area contributed by atoms with Crippen molar-refractivity contribution in [2.24, 2.45) is 0 Å². The molecule has 3 saturated heterocycles. The summed E-state index contributed by atoms with van der Waals surface area (Å²) in [5.41, 5.74) is 1.48. The molecular weight excluding hydrogens is 258 g/mol. The number of benzene rings is 1. The van der Waals surface area contributed by atoms with Crippen molar-refractivity contribution in [1.82, 2.24) is 15.1 Å². The maximum Gasteiger partial charge on any atom is 0.0261 e. The van der Waals surface area contributed by atoms with Crippen molar-refractivity contribution in [3.8, 4) is 0 Å². The third kappa shape index (κ3) is 2.87. The quantitative estimate of drug-likeness (QED) is 0.847. The third-order valence-electron chi connectivity index (χ3n) is 5.67. The number of piperidine rings is 1. The van der Waals surface area contributed by atoms with E-state index in [0.717, 1.165) is 37.8 Å². The van der Waals surface area contributed by atoms with Crippen LogP contribution in [0.5, 0.6) is 0 Å². The molecule has 0 aliphatic carbocycles. The first-order valence-corrected chi connectivity index (χ1v) is 8.57. The Balaban J connectivity index is 1.41. The van der Waals surface area contributed by atoms with Gasteiger partial charge < -0.3 is 0 Å². The van der Waals surface area contributed by atoms with Gasteiger partial charge in [-0.05, 0) is 31.2 Å². The molecule has 0 spiro atoms. The van der Waals surface area contributed by atoms with E-state index in [1.54, 1.807) is 0 Å². The van der Waals surface area contributed by atoms with Gasteiger partial charge in [-0.15, -0.1) is 0 Å². The Labute approximate surface area is 128 Å². The van der Waals surface area contributed by atoms with Gasteiger partial charge in [0.2, 0.25) is 0 Å². The van der Waals surface area contributed by atoms with Gasteiger partial charge in [0.05, 0.1) is 0 Å². The molecule has 0 aromatic heterocycles. The molecule has 0 amide bonds. The van der Waals surface area contributed by atoms with Crippen LogP contribution in [0, 0.1) is 0 Å². The number of hydrogen-bond donors (Lipinski definition) is 0. The van der Waals surface area contributed by atoms with Crippen LogP contribution >= 0.6 is 0 Å². The zero-order valence-electron chi connectivity index (χ0n) is 12.8. The topological polar surface area (TPSA) is 20.6 Å². The molecule has 113 valence electrons. The van der Waals surface area contributed by atoms with Crippen LogP contribution in [0.1, 0.15) is 31.2 Å². The maximum atomic E-state index is 4.49. The van der Waals surface area contributed by atoms with Crippen LogP contribution in [0.2, 0.25) is 0 Å². The molecule has 1 radical (unpaired) electrons. The Hall–Kier alpha value is -0.900. The summed E-state index contributed by atoms with van der Waals surface area (Å²) >= 11 is 0. The molecule has 3 heteroatoms. The fraction of sp³-hybridized carbons (Fsp3) is 0.667. The zero-order chi connectivity index (χ0) is 14.1. The number of fused-ring (bicyclic) bond motifs is 2. The van der Waals surface area contributed by atoms with Gasteiger partial charge in [-0.1, -0.05) is 30.3 Å². The fourth-order valence-corrected chi connectivity index (χ4v) is 4.58. The first kappa shape index (κ1) is 13.7. The lowest BCUT2D eigenvalue weighted by Gasteiger charge is -2.44. The van der Waals surface area contributed by atoms with Gasteiger partial charge in [0.1, 0.15) is 0 Å². The number of hydrogen-bond acceptors (Lipinski definition) is 2. The summed E-state index contributed by atoms with van der Waals surface area (Å²) in [6.07, 6.45) is 5.57. The van der Waals surface area contributed by atoms with Crippen LogP contribution in [-0.4, -0.2) is 54.1 Å². The number of nitrogens with zero attached hydrogens (tertiary/aromatic N) is 3. The monoisotopic (exact) mass is 284 g/mol. The molecule has 2 atom stereocenters. The van der Waals surface area contributed by atoms with E-state index in [1.807, 2.05) is 0 Å². The normalized spacial score (nSPS) is 34.2. The van der Waals surface area contributed by atoms with E-state index in [-0.39, 0.29) is 0 Å². The highest BCUT2D eigenvalue weighted by atomic mass is 15.3. The molecule has 2 bridgehead atoms. The van der Waals surface area contributed by atoms with Crippen molar-refractivity contribution in [2.45, 2.75) is 50.4 Å². The zero-order valence-corrected chi connectivity index (χ0v) is 12.8. The molecule has 3 aliphatic heterocycles. The van der Waals surface area contributed by atoms with Crippen molar-refractivity contribution in [2.75, 3.05) is 26.2 Å². The van der Waals surface area contributed by atoms with Gasteiger partial charge in [0.25, 0.3) is 0 Å². The Morgan fingerprint density at radius 2 is 1.57 bits per heavy atom. The van der Waals surface area contributed by atoms with Gasteiger partial charge in [-0.25, -0.2) is 5.32 Å². The SMILES string of the molecule is c1ccc(CN2C3CCC2CC(N2CC[N]CC2)C3)cc1. The van der Waals surface area contributed by atoms with Crippen molar-refractivity contribution in [3.63, 3.8) is 0 Å². The molecular formula is C18H26N3. The average molecular weight is 284 g/mol. The summed E-state index contributed by atoms with van der Waals surface area (Å²) < 4.78 is 0. The van der Waals surface area contributed by atoms with Gasteiger partial charge in [-0.2, -0.15) is 0 Å². The highest BCUT2D eigenvalue weighted by Gasteiger charge is 2.42. The molecule has 3 fully saturated rings. The van der Waals surface area contributed by atoms with Crippen molar-refractivity contribution < 1.29 is 0 Å². The molecule has 4 rings (SSSR count). The Morgan fingerprint density at radius 3 is 2.24 bits per heavy atom. The highest BCUT2D eigenvalue weighted by Crippen LogP contribution is 2.38. The predicted molar refractivity (Wildman–Crippen MR) is 85.3 cm³/mol. The van der Waals surface area contributed by atoms with Crippen molar-refractivity contribution >= 4 is 0 Å². The van der Waals surface area contributed by atoms with Gasteiger partial charge in [0.15, 0.2) is 0 Å². The van der Waals surface area contributed by atoms with Crippen molar-refractivity contribution in [3.05, 3.63) is 35.9 Å². The maximum absolute atomic E-state index is 4.49. The standard InChI is InChI=1S/C18H26N3/c1-2-4-15(5-3-1)14-21-16-6-7-17(21)13-18(12-16)20-10-8-19-9-11-20/h1-5,16-18H,6-14H2. The Kier molecular flexibility index (Phi) is 3.97.